The number of carbonyl (C=O) groups is 2. The lowest BCUT2D eigenvalue weighted by Crippen LogP contribution is -2.32. The number of anilines is 1. The zero-order valence-corrected chi connectivity index (χ0v) is 16.5. The maximum atomic E-state index is 12.9. The van der Waals surface area contributed by atoms with Crippen LogP contribution in [0.4, 0.5) is 5.69 Å². The van der Waals surface area contributed by atoms with Crippen LogP contribution in [0.5, 0.6) is 0 Å². The molecule has 3 rings (SSSR count). The summed E-state index contributed by atoms with van der Waals surface area (Å²) < 4.78 is 0. The molecule has 1 amide bonds. The van der Waals surface area contributed by atoms with Gasteiger partial charge in [-0.1, -0.05) is 43.1 Å². The maximum Gasteiger partial charge on any atom is 0.294 e. The van der Waals surface area contributed by atoms with Crippen molar-refractivity contribution < 1.29 is 14.7 Å². The minimum absolute atomic E-state index is 0.0698. The predicted molar refractivity (Wildman–Crippen MR) is 105 cm³/mol. The Morgan fingerprint density at radius 1 is 1.19 bits per heavy atom. The van der Waals surface area contributed by atoms with Gasteiger partial charge in [-0.05, 0) is 36.2 Å². The van der Waals surface area contributed by atoms with E-state index in [4.69, 9.17) is 23.2 Å². The highest BCUT2D eigenvalue weighted by molar-refractivity contribution is 6.31. The van der Waals surface area contributed by atoms with E-state index in [9.17, 15) is 14.7 Å². The van der Waals surface area contributed by atoms with E-state index in [-0.39, 0.29) is 17.3 Å². The van der Waals surface area contributed by atoms with Crippen molar-refractivity contribution in [3.05, 3.63) is 69.2 Å². The average Bonchev–Trinajstić information content (AvgIpc) is 2.85. The van der Waals surface area contributed by atoms with Gasteiger partial charge in [0.1, 0.15) is 0 Å². The van der Waals surface area contributed by atoms with E-state index in [1.165, 1.54) is 17.3 Å². The number of benzene rings is 1. The number of ketones is 1. The summed E-state index contributed by atoms with van der Waals surface area (Å²) in [5.41, 5.74) is 1.95. The molecule has 140 valence electrons. The van der Waals surface area contributed by atoms with Crippen molar-refractivity contribution >= 4 is 40.6 Å². The molecule has 1 N–H and O–H groups in total. The first kappa shape index (κ1) is 19.4. The molecule has 1 unspecified atom stereocenters. The second kappa shape index (κ2) is 7.33. The van der Waals surface area contributed by atoms with Gasteiger partial charge in [0.05, 0.1) is 28.5 Å². The molecular formula is C20H18Cl2N2O3. The molecule has 0 saturated heterocycles. The molecule has 1 atom stereocenters. The number of aliphatic hydroxyl groups excluding tert-OH is 1. The van der Waals surface area contributed by atoms with Gasteiger partial charge in [-0.3, -0.25) is 19.5 Å². The highest BCUT2D eigenvalue weighted by Crippen LogP contribution is 2.43. The normalized spacial score (nSPS) is 17.2. The fraction of sp³-hybridized carbons (Fsp3) is 0.250. The van der Waals surface area contributed by atoms with Crippen LogP contribution in [0.15, 0.2) is 48.0 Å². The number of aryl methyl sites for hydroxylation is 1. The Morgan fingerprint density at radius 3 is 2.48 bits per heavy atom. The molecule has 0 bridgehead atoms. The number of aromatic nitrogens is 1. The summed E-state index contributed by atoms with van der Waals surface area (Å²) >= 11 is 12.1. The van der Waals surface area contributed by atoms with Crippen molar-refractivity contribution in [2.24, 2.45) is 5.92 Å². The molecule has 0 saturated carbocycles. The number of hydrogen-bond acceptors (Lipinski definition) is 4. The molecule has 1 aliphatic heterocycles. The highest BCUT2D eigenvalue weighted by Gasteiger charge is 2.45. The molecule has 0 spiro atoms. The molecule has 1 aromatic carbocycles. The van der Waals surface area contributed by atoms with Crippen molar-refractivity contribution in [1.29, 1.82) is 0 Å². The van der Waals surface area contributed by atoms with Crippen LogP contribution in [0.2, 0.25) is 10.0 Å². The van der Waals surface area contributed by atoms with E-state index in [0.29, 0.717) is 21.3 Å². The van der Waals surface area contributed by atoms with Gasteiger partial charge in [0.2, 0.25) is 0 Å². The van der Waals surface area contributed by atoms with Crippen LogP contribution < -0.4 is 4.90 Å². The molecule has 1 aliphatic rings. The minimum atomic E-state index is -0.787. The molecule has 0 aliphatic carbocycles. The van der Waals surface area contributed by atoms with Crippen LogP contribution in [0.3, 0.4) is 0 Å². The van der Waals surface area contributed by atoms with Crippen molar-refractivity contribution in [1.82, 2.24) is 4.98 Å². The number of hydrogen-bond donors (Lipinski definition) is 1. The third-order valence-corrected chi connectivity index (χ3v) is 4.93. The van der Waals surface area contributed by atoms with Crippen LogP contribution in [-0.2, 0) is 9.59 Å². The molecular weight excluding hydrogens is 387 g/mol. The SMILES string of the molecule is Cc1cc(Cl)ccc1C1C(C(=O)C(C)C)=C(O)C(=O)N1c1cncc(Cl)c1. The number of nitrogens with zero attached hydrogens (tertiary/aromatic N) is 2. The van der Waals surface area contributed by atoms with E-state index in [2.05, 4.69) is 4.98 Å². The molecule has 1 aromatic heterocycles. The monoisotopic (exact) mass is 404 g/mol. The van der Waals surface area contributed by atoms with Gasteiger partial charge in [-0.15, -0.1) is 0 Å². The molecule has 0 fully saturated rings. The Morgan fingerprint density at radius 2 is 1.89 bits per heavy atom. The fourth-order valence-corrected chi connectivity index (χ4v) is 3.60. The molecule has 7 heteroatoms. The Balaban J connectivity index is 2.24. The summed E-state index contributed by atoms with van der Waals surface area (Å²) in [5, 5.41) is 11.4. The molecule has 5 nitrogen and oxygen atoms in total. The van der Waals surface area contributed by atoms with Crippen molar-refractivity contribution in [2.75, 3.05) is 4.90 Å². The number of amides is 1. The molecule has 27 heavy (non-hydrogen) atoms. The Labute approximate surface area is 167 Å². The number of halogens is 2. The number of carbonyl (C=O) groups excluding carboxylic acids is 2. The largest absolute Gasteiger partial charge is 0.503 e. The first-order chi connectivity index (χ1) is 12.7. The quantitative estimate of drug-likeness (QED) is 0.792. The zero-order valence-electron chi connectivity index (χ0n) is 15.0. The number of pyridine rings is 1. The predicted octanol–water partition coefficient (Wildman–Crippen LogP) is 4.82. The molecule has 2 aromatic rings. The van der Waals surface area contributed by atoms with Gasteiger partial charge >= 0.3 is 0 Å². The van der Waals surface area contributed by atoms with Crippen LogP contribution in [0.1, 0.15) is 31.0 Å². The summed E-state index contributed by atoms with van der Waals surface area (Å²) in [6, 6.07) is 5.98. The third-order valence-electron chi connectivity index (χ3n) is 4.49. The van der Waals surface area contributed by atoms with E-state index in [1.807, 2.05) is 6.92 Å². The molecule has 0 radical (unpaired) electrons. The van der Waals surface area contributed by atoms with Crippen molar-refractivity contribution in [3.8, 4) is 0 Å². The average molecular weight is 405 g/mol. The Hall–Kier alpha value is -2.37. The van der Waals surface area contributed by atoms with E-state index in [1.54, 1.807) is 38.1 Å². The highest BCUT2D eigenvalue weighted by atomic mass is 35.5. The summed E-state index contributed by atoms with van der Waals surface area (Å²) in [6.07, 6.45) is 2.92. The standard InChI is InChI=1S/C20H18Cl2N2O3/c1-10(2)18(25)16-17(15-5-4-12(21)6-11(15)3)24(20(27)19(16)26)14-7-13(22)8-23-9-14/h4-10,17,26H,1-3H3. The van der Waals surface area contributed by atoms with Crippen molar-refractivity contribution in [2.45, 2.75) is 26.8 Å². The first-order valence-electron chi connectivity index (χ1n) is 8.40. The van der Waals surface area contributed by atoms with Crippen LogP contribution in [0, 0.1) is 12.8 Å². The lowest BCUT2D eigenvalue weighted by atomic mass is 9.89. The van der Waals surface area contributed by atoms with Crippen molar-refractivity contribution in [3.63, 3.8) is 0 Å². The Bertz CT molecular complexity index is 969. The first-order valence-corrected chi connectivity index (χ1v) is 9.15. The van der Waals surface area contributed by atoms with Gasteiger partial charge in [0.25, 0.3) is 5.91 Å². The number of aliphatic hydroxyl groups is 1. The summed E-state index contributed by atoms with van der Waals surface area (Å²) in [7, 11) is 0. The summed E-state index contributed by atoms with van der Waals surface area (Å²) in [5.74, 6) is -1.89. The smallest absolute Gasteiger partial charge is 0.294 e. The van der Waals surface area contributed by atoms with Gasteiger partial charge in [-0.25, -0.2) is 0 Å². The topological polar surface area (TPSA) is 70.5 Å². The second-order valence-electron chi connectivity index (χ2n) is 6.72. The van der Waals surface area contributed by atoms with E-state index in [0.717, 1.165) is 5.56 Å². The number of Topliss-reactive ketones (excluding diaryl/α,β-unsaturated/α-hetero) is 1. The second-order valence-corrected chi connectivity index (χ2v) is 7.59. The lowest BCUT2D eigenvalue weighted by molar-refractivity contribution is -0.119. The minimum Gasteiger partial charge on any atom is -0.503 e. The van der Waals surface area contributed by atoms with Crippen LogP contribution in [-0.4, -0.2) is 21.8 Å². The Kier molecular flexibility index (Phi) is 5.27. The maximum absolute atomic E-state index is 12.9. The zero-order chi connectivity index (χ0) is 19.9. The lowest BCUT2D eigenvalue weighted by Gasteiger charge is -2.28. The van der Waals surface area contributed by atoms with Gasteiger partial charge in [0, 0.05) is 17.1 Å². The third kappa shape index (κ3) is 3.45. The van der Waals surface area contributed by atoms with Gasteiger partial charge < -0.3 is 5.11 Å². The number of rotatable bonds is 4. The van der Waals surface area contributed by atoms with Gasteiger partial charge in [-0.2, -0.15) is 0 Å². The van der Waals surface area contributed by atoms with Gasteiger partial charge in [0.15, 0.2) is 11.5 Å². The summed E-state index contributed by atoms with van der Waals surface area (Å²) in [6.45, 7) is 5.29. The fourth-order valence-electron chi connectivity index (χ4n) is 3.21. The van der Waals surface area contributed by atoms with E-state index < -0.39 is 17.7 Å². The van der Waals surface area contributed by atoms with Crippen LogP contribution >= 0.6 is 23.2 Å². The van der Waals surface area contributed by atoms with Crippen LogP contribution in [0.25, 0.3) is 0 Å². The molecule has 2 heterocycles. The summed E-state index contributed by atoms with van der Waals surface area (Å²) in [4.78, 5) is 31.1. The van der Waals surface area contributed by atoms with E-state index >= 15 is 0 Å².